The number of ether oxygens (including phenoxy) is 2. The number of amides is 1. The Labute approximate surface area is 172 Å². The minimum absolute atomic E-state index is 0.0154. The van der Waals surface area contributed by atoms with Gasteiger partial charge in [-0.3, -0.25) is 4.79 Å². The molecule has 1 aromatic heterocycles. The van der Waals surface area contributed by atoms with Gasteiger partial charge in [0.25, 0.3) is 11.8 Å². The number of alkyl halides is 2. The fourth-order valence-electron chi connectivity index (χ4n) is 2.74. The van der Waals surface area contributed by atoms with Crippen LogP contribution >= 0.6 is 0 Å². The quantitative estimate of drug-likeness (QED) is 0.584. The first-order valence-corrected chi connectivity index (χ1v) is 9.08. The molecular weight excluding hydrogens is 392 g/mol. The van der Waals surface area contributed by atoms with Crippen molar-refractivity contribution < 1.29 is 23.0 Å². The maximum absolute atomic E-state index is 13.9. The van der Waals surface area contributed by atoms with Crippen molar-refractivity contribution in [3.63, 3.8) is 0 Å². The van der Waals surface area contributed by atoms with Gasteiger partial charge < -0.3 is 14.8 Å². The molecule has 1 amide bonds. The van der Waals surface area contributed by atoms with Crippen LogP contribution in [0.1, 0.15) is 18.2 Å². The average Bonchev–Trinajstić information content (AvgIpc) is 3.17. The standard InChI is InChI=1S/C22H21F2N3O3/c1-4-15-8-5-6-11-18(15)27-21(13-19(26-27)22(2,23)24)30-14-20(28)25-16-9-7-10-17(12-16)29-3/h4-13H,1,14H2,2-3H3,(H,25,28). The Morgan fingerprint density at radius 2 is 2.00 bits per heavy atom. The van der Waals surface area contributed by atoms with Gasteiger partial charge in [0.1, 0.15) is 11.4 Å². The zero-order chi connectivity index (χ0) is 21.7. The van der Waals surface area contributed by atoms with Crippen molar-refractivity contribution in [1.82, 2.24) is 9.78 Å². The molecule has 0 aliphatic carbocycles. The number of halogens is 2. The second-order valence-electron chi connectivity index (χ2n) is 6.50. The Hall–Kier alpha value is -3.68. The van der Waals surface area contributed by atoms with Gasteiger partial charge in [0.2, 0.25) is 5.88 Å². The summed E-state index contributed by atoms with van der Waals surface area (Å²) in [5.74, 6) is -3.03. The van der Waals surface area contributed by atoms with E-state index in [1.165, 1.54) is 11.8 Å². The minimum atomic E-state index is -3.17. The summed E-state index contributed by atoms with van der Waals surface area (Å²) in [5, 5.41) is 6.66. The molecule has 156 valence electrons. The highest BCUT2D eigenvalue weighted by molar-refractivity contribution is 5.92. The molecule has 30 heavy (non-hydrogen) atoms. The van der Waals surface area contributed by atoms with Crippen molar-refractivity contribution in [1.29, 1.82) is 0 Å². The Morgan fingerprint density at radius 1 is 1.23 bits per heavy atom. The number of methoxy groups -OCH3 is 1. The summed E-state index contributed by atoms with van der Waals surface area (Å²) in [4.78, 5) is 12.3. The van der Waals surface area contributed by atoms with Gasteiger partial charge in [0.05, 0.1) is 12.8 Å². The third-order valence-electron chi connectivity index (χ3n) is 4.22. The monoisotopic (exact) mass is 413 g/mol. The van der Waals surface area contributed by atoms with E-state index in [0.29, 0.717) is 22.7 Å². The van der Waals surface area contributed by atoms with Crippen molar-refractivity contribution in [2.45, 2.75) is 12.8 Å². The fraction of sp³-hybridized carbons (Fsp3) is 0.182. The van der Waals surface area contributed by atoms with E-state index in [0.717, 1.165) is 13.0 Å². The van der Waals surface area contributed by atoms with Crippen LogP contribution in [0.3, 0.4) is 0 Å². The summed E-state index contributed by atoms with van der Waals surface area (Å²) in [6, 6.07) is 14.9. The maximum Gasteiger partial charge on any atom is 0.288 e. The number of hydrogen-bond donors (Lipinski definition) is 1. The Kier molecular flexibility index (Phi) is 6.15. The third kappa shape index (κ3) is 4.83. The van der Waals surface area contributed by atoms with Gasteiger partial charge in [-0.1, -0.05) is 36.9 Å². The highest BCUT2D eigenvalue weighted by Crippen LogP contribution is 2.31. The molecule has 3 aromatic rings. The van der Waals surface area contributed by atoms with Crippen molar-refractivity contribution in [2.24, 2.45) is 0 Å². The number of hydrogen-bond acceptors (Lipinski definition) is 4. The van der Waals surface area contributed by atoms with Gasteiger partial charge in [-0.25, -0.2) is 0 Å². The second kappa shape index (κ2) is 8.77. The van der Waals surface area contributed by atoms with Gasteiger partial charge in [-0.15, -0.1) is 0 Å². The van der Waals surface area contributed by atoms with Crippen LogP contribution in [0, 0.1) is 0 Å². The van der Waals surface area contributed by atoms with Crippen LogP contribution < -0.4 is 14.8 Å². The normalized spacial score (nSPS) is 11.1. The SMILES string of the molecule is C=Cc1ccccc1-n1nc(C(C)(F)F)cc1OCC(=O)Nc1cccc(OC)c1. The lowest BCUT2D eigenvalue weighted by Gasteiger charge is -2.12. The van der Waals surface area contributed by atoms with Gasteiger partial charge in [0.15, 0.2) is 6.61 Å². The number of benzene rings is 2. The van der Waals surface area contributed by atoms with E-state index in [4.69, 9.17) is 9.47 Å². The van der Waals surface area contributed by atoms with E-state index in [9.17, 15) is 13.6 Å². The van der Waals surface area contributed by atoms with E-state index in [2.05, 4.69) is 17.0 Å². The first kappa shape index (κ1) is 21.0. The minimum Gasteiger partial charge on any atom is -0.497 e. The zero-order valence-electron chi connectivity index (χ0n) is 16.6. The van der Waals surface area contributed by atoms with Crippen LogP contribution in [-0.4, -0.2) is 29.4 Å². The number of carbonyl (C=O) groups excluding carboxylic acids is 1. The van der Waals surface area contributed by atoms with E-state index >= 15 is 0 Å². The summed E-state index contributed by atoms with van der Waals surface area (Å²) >= 11 is 0. The molecule has 0 spiro atoms. The lowest BCUT2D eigenvalue weighted by molar-refractivity contribution is -0.118. The fourth-order valence-corrected chi connectivity index (χ4v) is 2.74. The number of aromatic nitrogens is 2. The molecule has 6 nitrogen and oxygen atoms in total. The number of rotatable bonds is 8. The lowest BCUT2D eigenvalue weighted by atomic mass is 10.2. The van der Waals surface area contributed by atoms with E-state index in [1.807, 2.05) is 0 Å². The van der Waals surface area contributed by atoms with Gasteiger partial charge in [-0.05, 0) is 23.8 Å². The molecule has 0 bridgehead atoms. The van der Waals surface area contributed by atoms with Gasteiger partial charge >= 0.3 is 0 Å². The molecule has 0 atom stereocenters. The predicted molar refractivity (Wildman–Crippen MR) is 110 cm³/mol. The molecule has 1 N–H and O–H groups in total. The summed E-state index contributed by atoms with van der Waals surface area (Å²) in [7, 11) is 1.52. The Morgan fingerprint density at radius 3 is 2.70 bits per heavy atom. The molecule has 3 rings (SSSR count). The second-order valence-corrected chi connectivity index (χ2v) is 6.50. The molecule has 0 radical (unpaired) electrons. The Balaban J connectivity index is 1.83. The van der Waals surface area contributed by atoms with Crippen LogP contribution in [-0.2, 0) is 10.7 Å². The molecule has 0 saturated heterocycles. The highest BCUT2D eigenvalue weighted by atomic mass is 19.3. The van der Waals surface area contributed by atoms with Crippen LogP contribution in [0.2, 0.25) is 0 Å². The number of nitrogens with one attached hydrogen (secondary N) is 1. The van der Waals surface area contributed by atoms with Crippen LogP contribution in [0.5, 0.6) is 11.6 Å². The van der Waals surface area contributed by atoms with Crippen molar-refractivity contribution in [3.8, 4) is 17.3 Å². The largest absolute Gasteiger partial charge is 0.497 e. The number of anilines is 1. The van der Waals surface area contributed by atoms with E-state index < -0.39 is 24.1 Å². The predicted octanol–water partition coefficient (Wildman–Crippen LogP) is 4.65. The topological polar surface area (TPSA) is 65.4 Å². The van der Waals surface area contributed by atoms with E-state index in [1.54, 1.807) is 54.6 Å². The molecule has 0 fully saturated rings. The molecule has 0 aliphatic rings. The summed E-state index contributed by atoms with van der Waals surface area (Å²) in [6.45, 7) is 4.09. The van der Waals surface area contributed by atoms with Crippen molar-refractivity contribution in [2.75, 3.05) is 19.0 Å². The van der Waals surface area contributed by atoms with Crippen LogP contribution in [0.15, 0.2) is 61.2 Å². The third-order valence-corrected chi connectivity index (χ3v) is 4.22. The van der Waals surface area contributed by atoms with E-state index in [-0.39, 0.29) is 5.88 Å². The number of carbonyl (C=O) groups is 1. The molecule has 8 heteroatoms. The molecule has 0 aliphatic heterocycles. The molecule has 0 saturated carbocycles. The average molecular weight is 413 g/mol. The Bertz CT molecular complexity index is 1060. The number of para-hydroxylation sites is 1. The first-order valence-electron chi connectivity index (χ1n) is 9.08. The van der Waals surface area contributed by atoms with Crippen molar-refractivity contribution in [3.05, 3.63) is 72.4 Å². The molecule has 1 heterocycles. The zero-order valence-corrected chi connectivity index (χ0v) is 16.6. The van der Waals surface area contributed by atoms with Gasteiger partial charge in [0, 0.05) is 24.7 Å². The van der Waals surface area contributed by atoms with Crippen LogP contribution in [0.4, 0.5) is 14.5 Å². The lowest BCUT2D eigenvalue weighted by Crippen LogP contribution is -2.21. The molecule has 2 aromatic carbocycles. The van der Waals surface area contributed by atoms with Crippen LogP contribution in [0.25, 0.3) is 11.8 Å². The smallest absolute Gasteiger partial charge is 0.288 e. The highest BCUT2D eigenvalue weighted by Gasteiger charge is 2.30. The van der Waals surface area contributed by atoms with Crippen molar-refractivity contribution >= 4 is 17.7 Å². The summed E-state index contributed by atoms with van der Waals surface area (Å²) < 4.78 is 39.6. The first-order chi connectivity index (χ1) is 14.3. The van der Waals surface area contributed by atoms with Gasteiger partial charge in [-0.2, -0.15) is 18.6 Å². The maximum atomic E-state index is 13.9. The number of nitrogens with zero attached hydrogens (tertiary/aromatic N) is 2. The molecule has 0 unspecified atom stereocenters. The summed E-state index contributed by atoms with van der Waals surface area (Å²) in [6.07, 6.45) is 1.58. The summed E-state index contributed by atoms with van der Waals surface area (Å²) in [5.41, 5.74) is 1.24. The molecular formula is C22H21F2N3O3.